The number of likely N-dealkylation sites (tertiary alicyclic amines) is 1. The van der Waals surface area contributed by atoms with E-state index in [1.165, 1.54) is 7.11 Å². The average molecular weight is 664 g/mol. The van der Waals surface area contributed by atoms with E-state index in [1.807, 2.05) is 49.9 Å². The lowest BCUT2D eigenvalue weighted by atomic mass is 9.85. The number of aromatic nitrogens is 1. The molecule has 1 aliphatic heterocycles. The van der Waals surface area contributed by atoms with Crippen LogP contribution in [0.3, 0.4) is 0 Å². The molecule has 0 bridgehead atoms. The number of sulfonamides is 1. The largest absolute Gasteiger partial charge is 0.492 e. The van der Waals surface area contributed by atoms with Gasteiger partial charge in [0.25, 0.3) is 0 Å². The van der Waals surface area contributed by atoms with Gasteiger partial charge in [0, 0.05) is 13.1 Å². The van der Waals surface area contributed by atoms with E-state index < -0.39 is 16.1 Å². The van der Waals surface area contributed by atoms with E-state index in [9.17, 15) is 13.2 Å². The SMILES string of the molecule is COc1c(NC(=O)NC2CCC(Oc3ccc(=N)n(C(=N)N4CCCCC4)c3)c3ccccc32)cc(C(C)(C)C)cc1NS(C)(=O)=O. The molecule has 0 spiro atoms. The highest BCUT2D eigenvalue weighted by Gasteiger charge is 2.30. The Morgan fingerprint density at radius 3 is 2.32 bits per heavy atom. The number of benzene rings is 2. The van der Waals surface area contributed by atoms with Crippen LogP contribution in [0.15, 0.2) is 54.7 Å². The highest BCUT2D eigenvalue weighted by atomic mass is 32.2. The molecule has 2 aromatic carbocycles. The van der Waals surface area contributed by atoms with Crippen molar-refractivity contribution >= 4 is 33.4 Å². The van der Waals surface area contributed by atoms with Gasteiger partial charge >= 0.3 is 6.03 Å². The molecule has 2 amide bonds. The maximum Gasteiger partial charge on any atom is 0.319 e. The summed E-state index contributed by atoms with van der Waals surface area (Å²) >= 11 is 0. The Balaban J connectivity index is 1.34. The number of ether oxygens (including phenoxy) is 2. The topological polar surface area (TPSA) is 162 Å². The Morgan fingerprint density at radius 2 is 1.66 bits per heavy atom. The molecule has 5 N–H and O–H groups in total. The molecule has 2 heterocycles. The van der Waals surface area contributed by atoms with Gasteiger partial charge in [-0.05, 0) is 78.5 Å². The summed E-state index contributed by atoms with van der Waals surface area (Å²) < 4.78 is 40.3. The minimum Gasteiger partial charge on any atom is -0.492 e. The van der Waals surface area contributed by atoms with Crippen LogP contribution in [-0.4, -0.2) is 56.3 Å². The fourth-order valence-electron chi connectivity index (χ4n) is 6.14. The van der Waals surface area contributed by atoms with Crippen LogP contribution in [0.25, 0.3) is 0 Å². The van der Waals surface area contributed by atoms with Gasteiger partial charge in [-0.3, -0.25) is 20.1 Å². The summed E-state index contributed by atoms with van der Waals surface area (Å²) in [7, 11) is -2.18. The standard InChI is InChI=1S/C34H45N7O5S/c1-34(2,3)22-19-27(31(45-4)28(20-22)39-47(5,43)44)38-33(42)37-26-14-15-29(25-12-8-7-11-24(25)26)46-23-13-16-30(35)41(21-23)32(36)40-17-9-6-10-18-40/h7-8,11-13,16,19-21,26,29,35-36,39H,6,9-10,14-15,17-18H2,1-5H3,(H2,37,38,42). The van der Waals surface area contributed by atoms with Gasteiger partial charge in [-0.2, -0.15) is 0 Å². The first-order valence-corrected chi connectivity index (χ1v) is 17.8. The number of carbonyl (C=O) groups is 1. The van der Waals surface area contributed by atoms with E-state index in [0.29, 0.717) is 24.3 Å². The Bertz CT molecular complexity index is 1810. The molecule has 0 radical (unpaired) electrons. The molecule has 1 saturated heterocycles. The van der Waals surface area contributed by atoms with Gasteiger partial charge in [0.15, 0.2) is 5.75 Å². The third-order valence-corrected chi connectivity index (χ3v) is 9.12. The quantitative estimate of drug-likeness (QED) is 0.161. The maximum absolute atomic E-state index is 13.5. The zero-order valence-electron chi connectivity index (χ0n) is 27.6. The van der Waals surface area contributed by atoms with Crippen molar-refractivity contribution in [1.82, 2.24) is 14.8 Å². The summed E-state index contributed by atoms with van der Waals surface area (Å²) in [6.07, 6.45) is 6.96. The highest BCUT2D eigenvalue weighted by molar-refractivity contribution is 7.92. The van der Waals surface area contributed by atoms with E-state index in [-0.39, 0.29) is 40.4 Å². The number of nitrogens with one attached hydrogen (secondary N) is 5. The average Bonchev–Trinajstić information content (AvgIpc) is 3.02. The number of hydrogen-bond donors (Lipinski definition) is 5. The van der Waals surface area contributed by atoms with E-state index in [4.69, 9.17) is 20.3 Å². The van der Waals surface area contributed by atoms with Crippen LogP contribution < -0.4 is 30.3 Å². The van der Waals surface area contributed by atoms with Crippen LogP contribution in [0.2, 0.25) is 0 Å². The number of nitrogens with zero attached hydrogens (tertiary/aromatic N) is 2. The van der Waals surface area contributed by atoms with Gasteiger partial charge in [-0.1, -0.05) is 45.0 Å². The smallest absolute Gasteiger partial charge is 0.319 e. The lowest BCUT2D eigenvalue weighted by Gasteiger charge is -2.33. The van der Waals surface area contributed by atoms with Gasteiger partial charge in [0.05, 0.1) is 37.0 Å². The van der Waals surface area contributed by atoms with Gasteiger partial charge in [0.1, 0.15) is 17.3 Å². The molecule has 1 fully saturated rings. The van der Waals surface area contributed by atoms with Gasteiger partial charge in [-0.15, -0.1) is 0 Å². The van der Waals surface area contributed by atoms with Crippen molar-refractivity contribution < 1.29 is 22.7 Å². The Morgan fingerprint density at radius 1 is 0.979 bits per heavy atom. The number of carbonyl (C=O) groups excluding carboxylic acids is 1. The molecule has 12 nitrogen and oxygen atoms in total. The van der Waals surface area contributed by atoms with Crippen molar-refractivity contribution in [3.05, 3.63) is 76.9 Å². The molecule has 3 aromatic rings. The van der Waals surface area contributed by atoms with Crippen LogP contribution in [-0.2, 0) is 15.4 Å². The molecule has 252 valence electrons. The van der Waals surface area contributed by atoms with Crippen molar-refractivity contribution in [1.29, 1.82) is 10.8 Å². The lowest BCUT2D eigenvalue weighted by Crippen LogP contribution is -2.42. The van der Waals surface area contributed by atoms with Gasteiger partial charge in [0.2, 0.25) is 16.0 Å². The monoisotopic (exact) mass is 663 g/mol. The molecular formula is C34H45N7O5S. The minimum atomic E-state index is -3.61. The normalized spacial score (nSPS) is 18.1. The number of hydrogen-bond acceptors (Lipinski definition) is 7. The fourth-order valence-corrected chi connectivity index (χ4v) is 6.69. The van der Waals surface area contributed by atoms with E-state index >= 15 is 0 Å². The van der Waals surface area contributed by atoms with E-state index in [2.05, 4.69) is 15.4 Å². The van der Waals surface area contributed by atoms with Crippen LogP contribution in [0, 0.1) is 10.8 Å². The first kappa shape index (κ1) is 33.8. The first-order valence-electron chi connectivity index (χ1n) is 15.9. The molecule has 1 aromatic heterocycles. The molecule has 0 saturated carbocycles. The van der Waals surface area contributed by atoms with E-state index in [0.717, 1.165) is 55.3 Å². The number of pyridine rings is 1. The van der Waals surface area contributed by atoms with Gasteiger partial charge < -0.3 is 25.0 Å². The lowest BCUT2D eigenvalue weighted by molar-refractivity contribution is 0.171. The molecule has 5 rings (SSSR count). The number of amides is 2. The second-order valence-electron chi connectivity index (χ2n) is 13.2. The molecule has 13 heteroatoms. The van der Waals surface area contributed by atoms with Crippen LogP contribution in [0.1, 0.15) is 81.7 Å². The van der Waals surface area contributed by atoms with E-state index in [1.54, 1.807) is 35.0 Å². The fraction of sp³-hybridized carbons (Fsp3) is 0.441. The summed E-state index contributed by atoms with van der Waals surface area (Å²) in [5.74, 6) is 1.06. The minimum absolute atomic E-state index is 0.209. The second kappa shape index (κ2) is 13.7. The Labute approximate surface area is 276 Å². The summed E-state index contributed by atoms with van der Waals surface area (Å²) in [6.45, 7) is 7.61. The van der Waals surface area contributed by atoms with Crippen molar-refractivity contribution in [3.63, 3.8) is 0 Å². The van der Waals surface area contributed by atoms with Crippen molar-refractivity contribution in [3.8, 4) is 11.5 Å². The summed E-state index contributed by atoms with van der Waals surface area (Å²) in [5, 5.41) is 23.1. The first-order chi connectivity index (χ1) is 22.2. The molecule has 2 unspecified atom stereocenters. The maximum atomic E-state index is 13.5. The van der Waals surface area contributed by atoms with Crippen LogP contribution >= 0.6 is 0 Å². The van der Waals surface area contributed by atoms with Crippen molar-refractivity contribution in [2.24, 2.45) is 0 Å². The Kier molecular flexibility index (Phi) is 9.85. The number of piperidine rings is 1. The zero-order valence-corrected chi connectivity index (χ0v) is 28.5. The Hall–Kier alpha value is -4.52. The number of fused-ring (bicyclic) bond motifs is 1. The molecule has 47 heavy (non-hydrogen) atoms. The summed E-state index contributed by atoms with van der Waals surface area (Å²) in [5.41, 5.74) is 3.16. The van der Waals surface area contributed by atoms with Crippen LogP contribution in [0.5, 0.6) is 11.5 Å². The molecule has 2 atom stereocenters. The number of rotatable bonds is 7. The third kappa shape index (κ3) is 8.07. The highest BCUT2D eigenvalue weighted by Crippen LogP contribution is 2.41. The number of urea groups is 1. The zero-order chi connectivity index (χ0) is 33.9. The summed E-state index contributed by atoms with van der Waals surface area (Å²) in [6, 6.07) is 14.0. The molecule has 1 aliphatic carbocycles. The van der Waals surface area contributed by atoms with Crippen LogP contribution in [0.4, 0.5) is 16.2 Å². The van der Waals surface area contributed by atoms with Crippen molar-refractivity contribution in [2.75, 3.05) is 36.5 Å². The molecular weight excluding hydrogens is 618 g/mol. The number of methoxy groups -OCH3 is 1. The predicted molar refractivity (Wildman–Crippen MR) is 183 cm³/mol. The predicted octanol–water partition coefficient (Wildman–Crippen LogP) is 5.69. The molecule has 2 aliphatic rings. The third-order valence-electron chi connectivity index (χ3n) is 8.53. The number of anilines is 2. The van der Waals surface area contributed by atoms with Gasteiger partial charge in [-0.25, -0.2) is 13.2 Å². The van der Waals surface area contributed by atoms with Crippen molar-refractivity contribution in [2.45, 2.75) is 70.4 Å². The summed E-state index contributed by atoms with van der Waals surface area (Å²) in [4.78, 5) is 15.5. The second-order valence-corrected chi connectivity index (χ2v) is 14.9.